The minimum Gasteiger partial charge on any atom is -0.363 e. The van der Waals surface area contributed by atoms with Crippen LogP contribution in [-0.2, 0) is 11.0 Å². The summed E-state index contributed by atoms with van der Waals surface area (Å²) in [5.41, 5.74) is 1.46. The maximum atomic E-state index is 14.7. The van der Waals surface area contributed by atoms with Crippen molar-refractivity contribution in [2.75, 3.05) is 36.9 Å². The molecule has 0 radical (unpaired) electrons. The Morgan fingerprint density at radius 1 is 1.21 bits per heavy atom. The van der Waals surface area contributed by atoms with Gasteiger partial charge < -0.3 is 15.1 Å². The first kappa shape index (κ1) is 23.7. The molecule has 0 unspecified atom stereocenters. The molecule has 0 saturated carbocycles. The van der Waals surface area contributed by atoms with Crippen LogP contribution in [0.25, 0.3) is 6.08 Å². The van der Waals surface area contributed by atoms with Crippen LogP contribution in [0.1, 0.15) is 43.0 Å². The Labute approximate surface area is 195 Å². The highest BCUT2D eigenvalue weighted by Gasteiger charge is 2.35. The number of carbonyl (C=O) groups excluding carboxylic acids is 1. The number of nitrogens with zero attached hydrogens (tertiary/aromatic N) is 4. The van der Waals surface area contributed by atoms with Gasteiger partial charge in [-0.3, -0.25) is 4.79 Å². The quantitative estimate of drug-likeness (QED) is 0.643. The fourth-order valence-corrected chi connectivity index (χ4v) is 4.32. The van der Waals surface area contributed by atoms with Crippen molar-refractivity contribution in [2.24, 2.45) is 0 Å². The minimum absolute atomic E-state index is 0.0334. The Morgan fingerprint density at radius 2 is 1.97 bits per heavy atom. The standard InChI is InChI=1S/C24H25F4N5O/c1-14(18-5-4-6-20(21(18)25)24(26,27)28)31-22-19-11-17(12-32(3)23(19)30-13-29-22)16-7-9-33(10-8-16)15(2)34/h4-7,11,13-14H,8-10,12H2,1-3H3,(H,29,30,31)/t14-/m1/s1. The zero-order valence-corrected chi connectivity index (χ0v) is 19.1. The summed E-state index contributed by atoms with van der Waals surface area (Å²) in [6, 6.07) is 2.48. The third kappa shape index (κ3) is 4.62. The van der Waals surface area contributed by atoms with Gasteiger partial charge in [0, 0.05) is 39.2 Å². The molecule has 10 heteroatoms. The van der Waals surface area contributed by atoms with Crippen LogP contribution in [0.15, 0.2) is 41.7 Å². The summed E-state index contributed by atoms with van der Waals surface area (Å²) in [6.45, 7) is 4.93. The van der Waals surface area contributed by atoms with E-state index in [2.05, 4.69) is 15.3 Å². The zero-order chi connectivity index (χ0) is 24.6. The molecule has 1 aromatic carbocycles. The van der Waals surface area contributed by atoms with E-state index in [9.17, 15) is 22.4 Å². The van der Waals surface area contributed by atoms with Crippen molar-refractivity contribution in [2.45, 2.75) is 32.5 Å². The Hall–Kier alpha value is -3.43. The summed E-state index contributed by atoms with van der Waals surface area (Å²) in [7, 11) is 1.89. The van der Waals surface area contributed by atoms with Gasteiger partial charge in [-0.15, -0.1) is 0 Å². The number of alkyl halides is 3. The van der Waals surface area contributed by atoms with Crippen LogP contribution in [0.2, 0.25) is 0 Å². The van der Waals surface area contributed by atoms with Crippen molar-refractivity contribution in [1.82, 2.24) is 14.9 Å². The highest BCUT2D eigenvalue weighted by molar-refractivity contribution is 5.80. The average molecular weight is 475 g/mol. The fourth-order valence-electron chi connectivity index (χ4n) is 4.32. The van der Waals surface area contributed by atoms with E-state index in [0.29, 0.717) is 36.8 Å². The molecule has 4 rings (SSSR count). The number of carbonyl (C=O) groups is 1. The molecule has 2 aliphatic heterocycles. The molecule has 0 bridgehead atoms. The first-order valence-electron chi connectivity index (χ1n) is 10.9. The molecule has 0 saturated heterocycles. The predicted molar refractivity (Wildman–Crippen MR) is 122 cm³/mol. The zero-order valence-electron chi connectivity index (χ0n) is 19.1. The van der Waals surface area contributed by atoms with Gasteiger partial charge in [0.1, 0.15) is 23.8 Å². The lowest BCUT2D eigenvalue weighted by Crippen LogP contribution is -2.34. The molecule has 1 amide bonds. The van der Waals surface area contributed by atoms with Crippen LogP contribution in [0, 0.1) is 5.82 Å². The first-order chi connectivity index (χ1) is 16.1. The Bertz CT molecular complexity index is 1170. The average Bonchev–Trinajstić information content (AvgIpc) is 2.79. The number of fused-ring (bicyclic) bond motifs is 1. The van der Waals surface area contributed by atoms with E-state index in [1.54, 1.807) is 18.7 Å². The van der Waals surface area contributed by atoms with Crippen LogP contribution in [-0.4, -0.2) is 47.5 Å². The van der Waals surface area contributed by atoms with Crippen LogP contribution >= 0.6 is 0 Å². The second-order valence-corrected chi connectivity index (χ2v) is 8.50. The van der Waals surface area contributed by atoms with Crippen LogP contribution in [0.4, 0.5) is 29.2 Å². The molecule has 0 spiro atoms. The van der Waals surface area contributed by atoms with Crippen molar-refractivity contribution in [3.05, 3.63) is 64.3 Å². The molecule has 0 fully saturated rings. The van der Waals surface area contributed by atoms with Crippen LogP contribution in [0.5, 0.6) is 0 Å². The first-order valence-corrected chi connectivity index (χ1v) is 10.9. The summed E-state index contributed by atoms with van der Waals surface area (Å²) >= 11 is 0. The number of amides is 1. The van der Waals surface area contributed by atoms with E-state index in [1.807, 2.05) is 24.1 Å². The third-order valence-corrected chi connectivity index (χ3v) is 6.17. The molecule has 1 aromatic heterocycles. The van der Waals surface area contributed by atoms with E-state index in [1.165, 1.54) is 18.5 Å². The number of nitrogens with one attached hydrogen (secondary N) is 1. The van der Waals surface area contributed by atoms with Crippen molar-refractivity contribution >= 4 is 23.6 Å². The summed E-state index contributed by atoms with van der Waals surface area (Å²) in [6.07, 6.45) is 1.31. The molecular formula is C24H25F4N5O. The van der Waals surface area contributed by atoms with E-state index in [4.69, 9.17) is 0 Å². The molecule has 0 aliphatic carbocycles. The van der Waals surface area contributed by atoms with Crippen LogP contribution in [0.3, 0.4) is 0 Å². The highest BCUT2D eigenvalue weighted by atomic mass is 19.4. The van der Waals surface area contributed by atoms with Gasteiger partial charge in [0.2, 0.25) is 5.91 Å². The van der Waals surface area contributed by atoms with Gasteiger partial charge in [-0.25, -0.2) is 14.4 Å². The number of hydrogen-bond acceptors (Lipinski definition) is 5. The Balaban J connectivity index is 1.65. The molecule has 1 atom stereocenters. The molecule has 3 heterocycles. The molecular weight excluding hydrogens is 450 g/mol. The fraction of sp³-hybridized carbons (Fsp3) is 0.375. The number of aromatic nitrogens is 2. The molecule has 1 N–H and O–H groups in total. The van der Waals surface area contributed by atoms with Gasteiger partial charge in [-0.05, 0) is 36.6 Å². The SMILES string of the molecule is CC(=O)N1CC=C(C2=Cc3c(N[C@H](C)c4cccc(C(F)(F)F)c4F)ncnc3N(C)C2)CC1. The van der Waals surface area contributed by atoms with E-state index < -0.39 is 23.6 Å². The number of hydrogen-bond donors (Lipinski definition) is 1. The predicted octanol–water partition coefficient (Wildman–Crippen LogP) is 4.82. The van der Waals surface area contributed by atoms with Crippen molar-refractivity contribution in [1.29, 1.82) is 0 Å². The van der Waals surface area contributed by atoms with Gasteiger partial charge in [-0.2, -0.15) is 13.2 Å². The van der Waals surface area contributed by atoms with E-state index in [-0.39, 0.29) is 11.5 Å². The molecule has 180 valence electrons. The summed E-state index contributed by atoms with van der Waals surface area (Å²) in [4.78, 5) is 24.0. The van der Waals surface area contributed by atoms with E-state index in [0.717, 1.165) is 23.6 Å². The number of benzene rings is 1. The molecule has 2 aromatic rings. The lowest BCUT2D eigenvalue weighted by molar-refractivity contribution is -0.140. The largest absolute Gasteiger partial charge is 0.419 e. The van der Waals surface area contributed by atoms with Crippen LogP contribution < -0.4 is 10.2 Å². The number of likely N-dealkylation sites (N-methyl/N-ethyl adjacent to an activating group) is 1. The number of halogens is 4. The number of anilines is 2. The second-order valence-electron chi connectivity index (χ2n) is 8.50. The third-order valence-electron chi connectivity index (χ3n) is 6.17. The summed E-state index contributed by atoms with van der Waals surface area (Å²) in [5, 5.41) is 3.07. The van der Waals surface area contributed by atoms with Gasteiger partial charge in [0.05, 0.1) is 17.2 Å². The maximum absolute atomic E-state index is 14.7. The number of rotatable bonds is 4. The molecule has 2 aliphatic rings. The Kier molecular flexibility index (Phi) is 6.33. The van der Waals surface area contributed by atoms with E-state index >= 15 is 0 Å². The summed E-state index contributed by atoms with van der Waals surface area (Å²) < 4.78 is 54.1. The Morgan fingerprint density at radius 3 is 2.62 bits per heavy atom. The highest BCUT2D eigenvalue weighted by Crippen LogP contribution is 2.37. The van der Waals surface area contributed by atoms with Crippen molar-refractivity contribution in [3.8, 4) is 0 Å². The lowest BCUT2D eigenvalue weighted by atomic mass is 9.94. The van der Waals surface area contributed by atoms with Crippen molar-refractivity contribution in [3.63, 3.8) is 0 Å². The molecule has 34 heavy (non-hydrogen) atoms. The summed E-state index contributed by atoms with van der Waals surface area (Å²) in [5.74, 6) is -0.195. The topological polar surface area (TPSA) is 61.4 Å². The second kappa shape index (κ2) is 9.08. The molecule has 6 nitrogen and oxygen atoms in total. The normalized spacial score (nSPS) is 17.0. The van der Waals surface area contributed by atoms with Crippen molar-refractivity contribution < 1.29 is 22.4 Å². The van der Waals surface area contributed by atoms with Gasteiger partial charge in [0.15, 0.2) is 0 Å². The monoisotopic (exact) mass is 475 g/mol. The van der Waals surface area contributed by atoms with Gasteiger partial charge in [-0.1, -0.05) is 18.2 Å². The lowest BCUT2D eigenvalue weighted by Gasteiger charge is -2.32. The van der Waals surface area contributed by atoms with Gasteiger partial charge in [0.25, 0.3) is 0 Å². The smallest absolute Gasteiger partial charge is 0.363 e. The maximum Gasteiger partial charge on any atom is 0.419 e. The van der Waals surface area contributed by atoms with Gasteiger partial charge >= 0.3 is 6.18 Å². The minimum atomic E-state index is -4.78.